The molecule has 0 aliphatic carbocycles. The molecule has 3 aromatic rings. The predicted molar refractivity (Wildman–Crippen MR) is 122 cm³/mol. The number of halogens is 1. The van der Waals surface area contributed by atoms with Gasteiger partial charge >= 0.3 is 0 Å². The number of nitrogens with one attached hydrogen (secondary N) is 1. The number of anilines is 2. The third-order valence-electron chi connectivity index (χ3n) is 5.81. The van der Waals surface area contributed by atoms with Crippen molar-refractivity contribution < 1.29 is 9.53 Å². The average molecular weight is 454 g/mol. The highest BCUT2D eigenvalue weighted by Gasteiger charge is 2.25. The van der Waals surface area contributed by atoms with E-state index >= 15 is 0 Å². The molecule has 166 valence electrons. The Labute approximate surface area is 190 Å². The third kappa shape index (κ3) is 4.39. The summed E-state index contributed by atoms with van der Waals surface area (Å²) in [5, 5.41) is 16.6. The predicted octanol–water partition coefficient (Wildman–Crippen LogP) is 2.32. The van der Waals surface area contributed by atoms with Gasteiger partial charge in [0.1, 0.15) is 5.69 Å². The van der Waals surface area contributed by atoms with Gasteiger partial charge in [-0.3, -0.25) is 9.89 Å². The smallest absolute Gasteiger partial charge is 0.272 e. The first-order valence-electron chi connectivity index (χ1n) is 10.7. The summed E-state index contributed by atoms with van der Waals surface area (Å²) in [4.78, 5) is 19.1. The summed E-state index contributed by atoms with van der Waals surface area (Å²) in [7, 11) is 0. The second kappa shape index (κ2) is 9.13. The van der Waals surface area contributed by atoms with E-state index in [1.807, 2.05) is 41.3 Å². The molecular weight excluding hydrogens is 430 g/mol. The van der Waals surface area contributed by atoms with Gasteiger partial charge in [0.25, 0.3) is 5.91 Å². The van der Waals surface area contributed by atoms with Crippen LogP contribution in [0.4, 0.5) is 11.6 Å². The van der Waals surface area contributed by atoms with Crippen LogP contribution >= 0.6 is 11.6 Å². The van der Waals surface area contributed by atoms with Gasteiger partial charge in [-0.2, -0.15) is 5.10 Å². The lowest BCUT2D eigenvalue weighted by molar-refractivity contribution is 0.0740. The lowest BCUT2D eigenvalue weighted by Crippen LogP contribution is -2.49. The Morgan fingerprint density at radius 3 is 2.12 bits per heavy atom. The number of hydrogen-bond acceptors (Lipinski definition) is 7. The zero-order valence-corrected chi connectivity index (χ0v) is 18.3. The van der Waals surface area contributed by atoms with E-state index in [9.17, 15) is 4.79 Å². The topological polar surface area (TPSA) is 90.5 Å². The summed E-state index contributed by atoms with van der Waals surface area (Å²) in [6.45, 7) is 5.74. The van der Waals surface area contributed by atoms with Crippen LogP contribution in [0, 0.1) is 0 Å². The zero-order chi connectivity index (χ0) is 21.9. The molecule has 10 heteroatoms. The van der Waals surface area contributed by atoms with Crippen molar-refractivity contribution in [2.24, 2.45) is 0 Å². The number of piperazine rings is 1. The van der Waals surface area contributed by atoms with E-state index in [0.717, 1.165) is 49.2 Å². The van der Waals surface area contributed by atoms with Crippen LogP contribution in [-0.4, -0.2) is 83.7 Å². The van der Waals surface area contributed by atoms with E-state index in [4.69, 9.17) is 16.3 Å². The highest BCUT2D eigenvalue weighted by Crippen LogP contribution is 2.22. The maximum Gasteiger partial charge on any atom is 0.272 e. The summed E-state index contributed by atoms with van der Waals surface area (Å²) in [5.74, 6) is 1.66. The van der Waals surface area contributed by atoms with Crippen LogP contribution in [0.2, 0.25) is 5.02 Å². The van der Waals surface area contributed by atoms with Crippen LogP contribution in [0.1, 0.15) is 10.5 Å². The standard InChI is InChI=1S/C22H24ClN7O2/c23-17-3-1-16(2-4-17)18-15-19(25-24-18)22(31)30-9-7-28(8-10-30)20-5-6-21(27-26-20)29-11-13-32-14-12-29/h1-6,15H,7-14H2,(H,24,25). The Kier molecular flexibility index (Phi) is 5.91. The van der Waals surface area contributed by atoms with E-state index in [1.165, 1.54) is 0 Å². The highest BCUT2D eigenvalue weighted by atomic mass is 35.5. The molecule has 2 aliphatic rings. The fraction of sp³-hybridized carbons (Fsp3) is 0.364. The normalized spacial score (nSPS) is 17.0. The van der Waals surface area contributed by atoms with Crippen LogP contribution < -0.4 is 9.80 Å². The second-order valence-electron chi connectivity index (χ2n) is 7.80. The quantitative estimate of drug-likeness (QED) is 0.648. The van der Waals surface area contributed by atoms with Crippen LogP contribution in [-0.2, 0) is 4.74 Å². The molecule has 1 amide bonds. The number of morpholine rings is 1. The number of ether oxygens (including phenoxy) is 1. The molecule has 32 heavy (non-hydrogen) atoms. The number of rotatable bonds is 4. The molecule has 0 spiro atoms. The summed E-state index contributed by atoms with van der Waals surface area (Å²) < 4.78 is 5.39. The molecule has 1 N–H and O–H groups in total. The van der Waals surface area contributed by atoms with Gasteiger partial charge in [-0.15, -0.1) is 10.2 Å². The van der Waals surface area contributed by atoms with E-state index < -0.39 is 0 Å². The van der Waals surface area contributed by atoms with Crippen LogP contribution in [0.25, 0.3) is 11.3 Å². The van der Waals surface area contributed by atoms with Crippen molar-refractivity contribution in [3.05, 3.63) is 53.2 Å². The molecule has 2 aliphatic heterocycles. The Hall–Kier alpha value is -3.17. The van der Waals surface area contributed by atoms with Crippen molar-refractivity contribution in [2.45, 2.75) is 0 Å². The molecule has 9 nitrogen and oxygen atoms in total. The van der Waals surface area contributed by atoms with E-state index in [0.29, 0.717) is 36.9 Å². The Balaban J connectivity index is 1.18. The fourth-order valence-electron chi connectivity index (χ4n) is 3.96. The van der Waals surface area contributed by atoms with Crippen LogP contribution in [0.3, 0.4) is 0 Å². The highest BCUT2D eigenvalue weighted by molar-refractivity contribution is 6.30. The SMILES string of the molecule is O=C(c1cc(-c2ccc(Cl)cc2)n[nH]1)N1CCN(c2ccc(N3CCOCC3)nn2)CC1. The van der Waals surface area contributed by atoms with Crippen LogP contribution in [0.15, 0.2) is 42.5 Å². The first-order valence-corrected chi connectivity index (χ1v) is 11.1. The molecule has 0 atom stereocenters. The number of carbonyl (C=O) groups excluding carboxylic acids is 1. The van der Waals surface area contributed by atoms with Gasteiger partial charge in [0, 0.05) is 49.9 Å². The average Bonchev–Trinajstić information content (AvgIpc) is 3.35. The van der Waals surface area contributed by atoms with Gasteiger partial charge < -0.3 is 19.4 Å². The van der Waals surface area contributed by atoms with Crippen molar-refractivity contribution in [3.8, 4) is 11.3 Å². The van der Waals surface area contributed by atoms with Crippen molar-refractivity contribution in [3.63, 3.8) is 0 Å². The van der Waals surface area contributed by atoms with Crippen molar-refractivity contribution in [1.29, 1.82) is 0 Å². The number of aromatic nitrogens is 4. The fourth-order valence-corrected chi connectivity index (χ4v) is 4.08. The molecule has 2 aromatic heterocycles. The minimum Gasteiger partial charge on any atom is -0.378 e. The van der Waals surface area contributed by atoms with Gasteiger partial charge in [-0.25, -0.2) is 0 Å². The molecule has 0 bridgehead atoms. The first kappa shape index (κ1) is 20.7. The van der Waals surface area contributed by atoms with Crippen molar-refractivity contribution in [1.82, 2.24) is 25.3 Å². The Bertz CT molecular complexity index is 1060. The van der Waals surface area contributed by atoms with E-state index in [-0.39, 0.29) is 5.91 Å². The number of amides is 1. The maximum atomic E-state index is 12.9. The monoisotopic (exact) mass is 453 g/mol. The Morgan fingerprint density at radius 2 is 1.50 bits per heavy atom. The summed E-state index contributed by atoms with van der Waals surface area (Å²) in [6, 6.07) is 13.2. The maximum absolute atomic E-state index is 12.9. The van der Waals surface area contributed by atoms with Gasteiger partial charge in [-0.1, -0.05) is 23.7 Å². The van der Waals surface area contributed by atoms with Gasteiger partial charge in [-0.05, 0) is 30.3 Å². The zero-order valence-electron chi connectivity index (χ0n) is 17.6. The lowest BCUT2D eigenvalue weighted by Gasteiger charge is -2.35. The molecule has 2 saturated heterocycles. The lowest BCUT2D eigenvalue weighted by atomic mass is 10.1. The Morgan fingerprint density at radius 1 is 0.875 bits per heavy atom. The molecule has 1 aromatic carbocycles. The van der Waals surface area contributed by atoms with E-state index in [1.54, 1.807) is 6.07 Å². The summed E-state index contributed by atoms with van der Waals surface area (Å²) >= 11 is 5.95. The first-order chi connectivity index (χ1) is 15.7. The number of nitrogens with zero attached hydrogens (tertiary/aromatic N) is 6. The molecule has 0 radical (unpaired) electrons. The number of H-pyrrole nitrogens is 1. The molecule has 0 unspecified atom stereocenters. The molecule has 2 fully saturated rings. The number of aromatic amines is 1. The third-order valence-corrected chi connectivity index (χ3v) is 6.06. The minimum absolute atomic E-state index is 0.0499. The second-order valence-corrected chi connectivity index (χ2v) is 8.24. The van der Waals surface area contributed by atoms with Crippen LogP contribution in [0.5, 0.6) is 0 Å². The van der Waals surface area contributed by atoms with Crippen molar-refractivity contribution >= 4 is 29.1 Å². The molecule has 4 heterocycles. The summed E-state index contributed by atoms with van der Waals surface area (Å²) in [5.41, 5.74) is 2.12. The molecular formula is C22H24ClN7O2. The van der Waals surface area contributed by atoms with E-state index in [2.05, 4.69) is 30.2 Å². The largest absolute Gasteiger partial charge is 0.378 e. The number of hydrogen-bond donors (Lipinski definition) is 1. The number of benzene rings is 1. The molecule has 0 saturated carbocycles. The number of carbonyl (C=O) groups is 1. The van der Waals surface area contributed by atoms with Gasteiger partial charge in [0.15, 0.2) is 11.6 Å². The van der Waals surface area contributed by atoms with Crippen molar-refractivity contribution in [2.75, 3.05) is 62.3 Å². The molecule has 5 rings (SSSR count). The van der Waals surface area contributed by atoms with Gasteiger partial charge in [0.05, 0.1) is 18.9 Å². The summed E-state index contributed by atoms with van der Waals surface area (Å²) in [6.07, 6.45) is 0. The minimum atomic E-state index is -0.0499. The van der Waals surface area contributed by atoms with Gasteiger partial charge in [0.2, 0.25) is 0 Å².